The van der Waals surface area contributed by atoms with E-state index in [1.165, 1.54) is 10.5 Å². The van der Waals surface area contributed by atoms with Crippen LogP contribution in [0.3, 0.4) is 0 Å². The summed E-state index contributed by atoms with van der Waals surface area (Å²) >= 11 is -0.813. The Kier molecular flexibility index (Phi) is 3.71. The predicted molar refractivity (Wildman–Crippen MR) is 52.8 cm³/mol. The van der Waals surface area contributed by atoms with E-state index in [0.717, 1.165) is 0 Å². The normalized spacial score (nSPS) is 10.5. The monoisotopic (exact) mass is 209 g/mol. The van der Waals surface area contributed by atoms with Gasteiger partial charge in [0, 0.05) is 0 Å². The Labute approximate surface area is 73.7 Å². The molecule has 0 aliphatic heterocycles. The Morgan fingerprint density at radius 2 is 1.55 bits per heavy atom. The molecular formula is C10H15Ge. The first-order valence-electron chi connectivity index (χ1n) is 4.28. The second-order valence-corrected chi connectivity index (χ2v) is 9.39. The molecule has 0 spiro atoms. The summed E-state index contributed by atoms with van der Waals surface area (Å²) in [6.45, 7) is 4.65. The van der Waals surface area contributed by atoms with Crippen molar-refractivity contribution < 1.29 is 0 Å². The van der Waals surface area contributed by atoms with Crippen LogP contribution >= 0.6 is 0 Å². The molecule has 0 bridgehead atoms. The van der Waals surface area contributed by atoms with Crippen molar-refractivity contribution in [3.05, 3.63) is 30.3 Å². The zero-order valence-electron chi connectivity index (χ0n) is 7.30. The van der Waals surface area contributed by atoms with Gasteiger partial charge in [0.1, 0.15) is 0 Å². The maximum absolute atomic E-state index is 2.33. The molecule has 0 saturated carbocycles. The zero-order valence-corrected chi connectivity index (χ0v) is 9.40. The van der Waals surface area contributed by atoms with Crippen LogP contribution in [0.4, 0.5) is 0 Å². The van der Waals surface area contributed by atoms with Gasteiger partial charge in [-0.25, -0.2) is 0 Å². The molecule has 0 atom stereocenters. The van der Waals surface area contributed by atoms with Crippen molar-refractivity contribution in [1.29, 1.82) is 0 Å². The Hall–Kier alpha value is -0.237. The standard InChI is InChI=1S/C10H15Ge/c1-3-11(4-2)10-8-6-5-7-9-10/h5-9H,3-4H2,1-2H3. The van der Waals surface area contributed by atoms with Crippen molar-refractivity contribution in [2.24, 2.45) is 0 Å². The molecule has 1 radical (unpaired) electrons. The van der Waals surface area contributed by atoms with E-state index in [4.69, 9.17) is 0 Å². The Bertz CT molecular complexity index is 189. The molecule has 1 heteroatoms. The van der Waals surface area contributed by atoms with Crippen LogP contribution in [0.1, 0.15) is 13.8 Å². The van der Waals surface area contributed by atoms with Crippen molar-refractivity contribution in [2.75, 3.05) is 0 Å². The van der Waals surface area contributed by atoms with Gasteiger partial charge in [-0.2, -0.15) is 0 Å². The van der Waals surface area contributed by atoms with E-state index in [1.807, 2.05) is 0 Å². The van der Waals surface area contributed by atoms with Crippen molar-refractivity contribution in [1.82, 2.24) is 0 Å². The average molecular weight is 208 g/mol. The van der Waals surface area contributed by atoms with Gasteiger partial charge in [-0.05, 0) is 0 Å². The summed E-state index contributed by atoms with van der Waals surface area (Å²) < 4.78 is 1.65. The van der Waals surface area contributed by atoms with Crippen LogP contribution in [0, 0.1) is 0 Å². The van der Waals surface area contributed by atoms with Crippen molar-refractivity contribution in [2.45, 2.75) is 24.4 Å². The van der Waals surface area contributed by atoms with Gasteiger partial charge in [-0.3, -0.25) is 0 Å². The number of hydrogen-bond donors (Lipinski definition) is 0. The molecule has 0 aromatic heterocycles. The van der Waals surface area contributed by atoms with Crippen LogP contribution in [0.15, 0.2) is 30.3 Å². The first-order chi connectivity index (χ1) is 5.38. The number of benzene rings is 1. The number of rotatable bonds is 3. The first-order valence-corrected chi connectivity index (χ1v) is 8.30. The summed E-state index contributed by atoms with van der Waals surface area (Å²) in [5.41, 5.74) is 0. The molecule has 0 fully saturated rings. The van der Waals surface area contributed by atoms with Gasteiger partial charge in [0.15, 0.2) is 0 Å². The van der Waals surface area contributed by atoms with Crippen molar-refractivity contribution in [3.63, 3.8) is 0 Å². The van der Waals surface area contributed by atoms with E-state index in [9.17, 15) is 0 Å². The van der Waals surface area contributed by atoms with E-state index in [0.29, 0.717) is 0 Å². The Morgan fingerprint density at radius 1 is 1.00 bits per heavy atom. The van der Waals surface area contributed by atoms with Crippen LogP contribution in [-0.2, 0) is 0 Å². The molecule has 0 amide bonds. The maximum atomic E-state index is 2.33. The summed E-state index contributed by atoms with van der Waals surface area (Å²) in [7, 11) is 0. The van der Waals surface area contributed by atoms with Crippen LogP contribution in [0.2, 0.25) is 10.5 Å². The number of hydrogen-bond acceptors (Lipinski definition) is 0. The summed E-state index contributed by atoms with van der Waals surface area (Å²) in [5, 5.41) is 2.83. The molecule has 1 aromatic carbocycles. The van der Waals surface area contributed by atoms with Crippen LogP contribution < -0.4 is 4.40 Å². The second-order valence-electron chi connectivity index (χ2n) is 2.68. The fraction of sp³-hybridized carbons (Fsp3) is 0.400. The fourth-order valence-corrected chi connectivity index (χ4v) is 5.49. The SMILES string of the molecule is C[CH2][Ge]([CH2]C)[c]1ccccc1. The summed E-state index contributed by atoms with van der Waals surface area (Å²) in [6.07, 6.45) is 0. The van der Waals surface area contributed by atoms with Gasteiger partial charge in [0.05, 0.1) is 0 Å². The second kappa shape index (κ2) is 4.60. The average Bonchev–Trinajstić information content (AvgIpc) is 2.09. The van der Waals surface area contributed by atoms with E-state index in [-0.39, 0.29) is 0 Å². The van der Waals surface area contributed by atoms with Crippen molar-refractivity contribution in [3.8, 4) is 0 Å². The molecule has 0 aliphatic rings. The molecular weight excluding hydrogens is 193 g/mol. The van der Waals surface area contributed by atoms with E-state index in [2.05, 4.69) is 44.2 Å². The molecule has 11 heavy (non-hydrogen) atoms. The molecule has 1 aromatic rings. The molecule has 0 unspecified atom stereocenters. The summed E-state index contributed by atoms with van der Waals surface area (Å²) in [5.74, 6) is 0. The Morgan fingerprint density at radius 3 is 2.00 bits per heavy atom. The summed E-state index contributed by atoms with van der Waals surface area (Å²) in [6, 6.07) is 11.0. The molecule has 0 nitrogen and oxygen atoms in total. The van der Waals surface area contributed by atoms with Gasteiger partial charge in [0.2, 0.25) is 0 Å². The van der Waals surface area contributed by atoms with Crippen LogP contribution in [0.5, 0.6) is 0 Å². The molecule has 0 N–H and O–H groups in total. The summed E-state index contributed by atoms with van der Waals surface area (Å²) in [4.78, 5) is 0. The molecule has 59 valence electrons. The molecule has 1 rings (SSSR count). The minimum absolute atomic E-state index is 0.813. The quantitative estimate of drug-likeness (QED) is 0.669. The van der Waals surface area contributed by atoms with Crippen LogP contribution in [-0.4, -0.2) is 14.3 Å². The predicted octanol–water partition coefficient (Wildman–Crippen LogP) is 2.43. The topological polar surface area (TPSA) is 0 Å². The van der Waals surface area contributed by atoms with Gasteiger partial charge in [-0.15, -0.1) is 0 Å². The molecule has 0 saturated heterocycles. The molecule has 0 aliphatic carbocycles. The van der Waals surface area contributed by atoms with Gasteiger partial charge in [-0.1, -0.05) is 0 Å². The fourth-order valence-electron chi connectivity index (χ4n) is 1.33. The van der Waals surface area contributed by atoms with Gasteiger partial charge < -0.3 is 0 Å². The van der Waals surface area contributed by atoms with E-state index in [1.54, 1.807) is 4.40 Å². The third-order valence-corrected chi connectivity index (χ3v) is 8.03. The molecule has 0 heterocycles. The van der Waals surface area contributed by atoms with Crippen LogP contribution in [0.25, 0.3) is 0 Å². The third kappa shape index (κ3) is 2.37. The minimum atomic E-state index is -0.813. The Balaban J connectivity index is 2.74. The zero-order chi connectivity index (χ0) is 8.10. The van der Waals surface area contributed by atoms with Gasteiger partial charge >= 0.3 is 73.4 Å². The third-order valence-electron chi connectivity index (χ3n) is 2.04. The van der Waals surface area contributed by atoms with E-state index < -0.39 is 14.3 Å². The first kappa shape index (κ1) is 8.86. The van der Waals surface area contributed by atoms with E-state index >= 15 is 0 Å². The van der Waals surface area contributed by atoms with Gasteiger partial charge in [0.25, 0.3) is 0 Å². The van der Waals surface area contributed by atoms with Crippen molar-refractivity contribution >= 4 is 18.7 Å².